The smallest absolute Gasteiger partial charge is 0.322 e. The molecule has 2 N–H and O–H groups in total. The highest BCUT2D eigenvalue weighted by atomic mass is 16.5. The fraction of sp³-hybridized carbons (Fsp3) is 0.364. The zero-order valence-electron chi connectivity index (χ0n) is 8.27. The molecular formula is C11H15NO2. The maximum Gasteiger partial charge on any atom is 0.322 e. The standard InChI is InChI=1S/C11H15NO2/c1-14-11(13)10(12)8-9-6-4-2-3-5-7-9/h2-6,10H,7-8,12H2,1H3/t10-/m0/s1. The van der Waals surface area contributed by atoms with Crippen LogP contribution in [0.3, 0.4) is 0 Å². The molecule has 3 nitrogen and oxygen atoms in total. The largest absolute Gasteiger partial charge is 0.468 e. The first-order chi connectivity index (χ1) is 6.74. The molecule has 76 valence electrons. The SMILES string of the molecule is COC(=O)[C@@H](N)CC1=CC=CC=CC1. The van der Waals surface area contributed by atoms with Gasteiger partial charge >= 0.3 is 5.97 Å². The Hall–Kier alpha value is -1.35. The van der Waals surface area contributed by atoms with Crippen molar-refractivity contribution in [1.29, 1.82) is 0 Å². The molecule has 0 amide bonds. The summed E-state index contributed by atoms with van der Waals surface area (Å²) in [5.41, 5.74) is 6.79. The molecule has 0 saturated heterocycles. The van der Waals surface area contributed by atoms with E-state index in [4.69, 9.17) is 5.73 Å². The summed E-state index contributed by atoms with van der Waals surface area (Å²) in [5.74, 6) is -0.358. The van der Waals surface area contributed by atoms with E-state index in [0.29, 0.717) is 6.42 Å². The summed E-state index contributed by atoms with van der Waals surface area (Å²) in [7, 11) is 1.35. The van der Waals surface area contributed by atoms with Gasteiger partial charge < -0.3 is 10.5 Å². The second-order valence-electron chi connectivity index (χ2n) is 3.18. The van der Waals surface area contributed by atoms with E-state index < -0.39 is 6.04 Å². The third-order valence-corrected chi connectivity index (χ3v) is 2.06. The Morgan fingerprint density at radius 2 is 2.36 bits per heavy atom. The fourth-order valence-corrected chi connectivity index (χ4v) is 1.29. The molecule has 0 fully saturated rings. The van der Waals surface area contributed by atoms with Gasteiger partial charge in [-0.05, 0) is 12.8 Å². The number of methoxy groups -OCH3 is 1. The van der Waals surface area contributed by atoms with Gasteiger partial charge in [-0.25, -0.2) is 0 Å². The number of rotatable bonds is 3. The molecule has 0 heterocycles. The fourth-order valence-electron chi connectivity index (χ4n) is 1.29. The Morgan fingerprint density at radius 1 is 1.57 bits per heavy atom. The Kier molecular flexibility index (Phi) is 4.13. The van der Waals surface area contributed by atoms with Crippen LogP contribution in [0.4, 0.5) is 0 Å². The number of hydrogen-bond donors (Lipinski definition) is 1. The molecule has 1 aliphatic carbocycles. The average molecular weight is 193 g/mol. The second kappa shape index (κ2) is 5.40. The molecule has 14 heavy (non-hydrogen) atoms. The number of hydrogen-bond acceptors (Lipinski definition) is 3. The van der Waals surface area contributed by atoms with Crippen LogP contribution in [0.5, 0.6) is 0 Å². The van der Waals surface area contributed by atoms with Gasteiger partial charge in [0.1, 0.15) is 6.04 Å². The zero-order valence-corrected chi connectivity index (χ0v) is 8.27. The molecule has 0 bridgehead atoms. The molecule has 3 heteroatoms. The Labute approximate surface area is 83.9 Å². The van der Waals surface area contributed by atoms with Crippen LogP contribution in [-0.2, 0) is 9.53 Å². The maximum atomic E-state index is 11.1. The van der Waals surface area contributed by atoms with E-state index >= 15 is 0 Å². The number of nitrogens with two attached hydrogens (primary N) is 1. The summed E-state index contributed by atoms with van der Waals surface area (Å²) < 4.78 is 4.56. The Bertz CT molecular complexity index is 290. The molecule has 1 aliphatic rings. The molecule has 0 radical (unpaired) electrons. The Balaban J connectivity index is 2.51. The van der Waals surface area contributed by atoms with E-state index in [9.17, 15) is 4.79 Å². The third-order valence-electron chi connectivity index (χ3n) is 2.06. The minimum atomic E-state index is -0.550. The topological polar surface area (TPSA) is 52.3 Å². The number of allylic oxidation sites excluding steroid dienone is 5. The van der Waals surface area contributed by atoms with Crippen molar-refractivity contribution in [3.63, 3.8) is 0 Å². The summed E-state index contributed by atoms with van der Waals surface area (Å²) in [6.07, 6.45) is 11.3. The van der Waals surface area contributed by atoms with Gasteiger partial charge in [-0.15, -0.1) is 0 Å². The zero-order chi connectivity index (χ0) is 10.4. The molecule has 1 atom stereocenters. The van der Waals surface area contributed by atoms with Gasteiger partial charge in [0.2, 0.25) is 0 Å². The highest BCUT2D eigenvalue weighted by Crippen LogP contribution is 2.13. The first-order valence-electron chi connectivity index (χ1n) is 4.58. The van der Waals surface area contributed by atoms with Crippen molar-refractivity contribution in [3.8, 4) is 0 Å². The molecule has 1 rings (SSSR count). The predicted octanol–water partition coefficient (Wildman–Crippen LogP) is 1.32. The summed E-state index contributed by atoms with van der Waals surface area (Å²) in [4.78, 5) is 11.1. The van der Waals surface area contributed by atoms with E-state index in [1.807, 2.05) is 30.4 Å². The van der Waals surface area contributed by atoms with Crippen LogP contribution in [0.15, 0.2) is 36.0 Å². The summed E-state index contributed by atoms with van der Waals surface area (Å²) in [6, 6.07) is -0.550. The first-order valence-corrected chi connectivity index (χ1v) is 4.58. The molecule has 0 aliphatic heterocycles. The van der Waals surface area contributed by atoms with E-state index in [0.717, 1.165) is 12.0 Å². The minimum absolute atomic E-state index is 0.358. The summed E-state index contributed by atoms with van der Waals surface area (Å²) in [6.45, 7) is 0. The van der Waals surface area contributed by atoms with Crippen LogP contribution < -0.4 is 5.73 Å². The lowest BCUT2D eigenvalue weighted by Gasteiger charge is -2.10. The van der Waals surface area contributed by atoms with Gasteiger partial charge in [0, 0.05) is 0 Å². The molecule has 0 unspecified atom stereocenters. The van der Waals surface area contributed by atoms with E-state index in [-0.39, 0.29) is 5.97 Å². The van der Waals surface area contributed by atoms with Crippen LogP contribution in [0, 0.1) is 0 Å². The van der Waals surface area contributed by atoms with Crippen molar-refractivity contribution in [2.75, 3.05) is 7.11 Å². The van der Waals surface area contributed by atoms with Gasteiger partial charge in [-0.1, -0.05) is 36.0 Å². The molecule has 0 aromatic heterocycles. The number of esters is 1. The van der Waals surface area contributed by atoms with Gasteiger partial charge in [0.25, 0.3) is 0 Å². The lowest BCUT2D eigenvalue weighted by Crippen LogP contribution is -2.31. The maximum absolute atomic E-state index is 11.1. The van der Waals surface area contributed by atoms with E-state index in [1.165, 1.54) is 7.11 Å². The van der Waals surface area contributed by atoms with Crippen molar-refractivity contribution < 1.29 is 9.53 Å². The van der Waals surface area contributed by atoms with Crippen molar-refractivity contribution >= 4 is 5.97 Å². The Morgan fingerprint density at radius 3 is 3.07 bits per heavy atom. The lowest BCUT2D eigenvalue weighted by molar-refractivity contribution is -0.142. The highest BCUT2D eigenvalue weighted by Gasteiger charge is 2.14. The number of carbonyl (C=O) groups is 1. The van der Waals surface area contributed by atoms with Crippen molar-refractivity contribution in [1.82, 2.24) is 0 Å². The van der Waals surface area contributed by atoms with Crippen LogP contribution >= 0.6 is 0 Å². The van der Waals surface area contributed by atoms with Gasteiger partial charge in [0.05, 0.1) is 7.11 Å². The van der Waals surface area contributed by atoms with Gasteiger partial charge in [-0.3, -0.25) is 4.79 Å². The monoisotopic (exact) mass is 193 g/mol. The van der Waals surface area contributed by atoms with Crippen LogP contribution in [0.25, 0.3) is 0 Å². The number of ether oxygens (including phenoxy) is 1. The normalized spacial score (nSPS) is 17.1. The average Bonchev–Trinajstić information content (AvgIpc) is 2.45. The molecular weight excluding hydrogens is 178 g/mol. The molecule has 0 aromatic rings. The third kappa shape index (κ3) is 3.18. The quantitative estimate of drug-likeness (QED) is 0.688. The first kappa shape index (κ1) is 10.7. The van der Waals surface area contributed by atoms with Crippen LogP contribution in [-0.4, -0.2) is 19.1 Å². The van der Waals surface area contributed by atoms with Crippen LogP contribution in [0.2, 0.25) is 0 Å². The van der Waals surface area contributed by atoms with Crippen LogP contribution in [0.1, 0.15) is 12.8 Å². The predicted molar refractivity (Wildman–Crippen MR) is 55.6 cm³/mol. The minimum Gasteiger partial charge on any atom is -0.468 e. The molecule has 0 spiro atoms. The van der Waals surface area contributed by atoms with Gasteiger partial charge in [-0.2, -0.15) is 0 Å². The highest BCUT2D eigenvalue weighted by molar-refractivity contribution is 5.75. The summed E-state index contributed by atoms with van der Waals surface area (Å²) >= 11 is 0. The molecule has 0 saturated carbocycles. The second-order valence-corrected chi connectivity index (χ2v) is 3.18. The van der Waals surface area contributed by atoms with Crippen molar-refractivity contribution in [3.05, 3.63) is 36.0 Å². The van der Waals surface area contributed by atoms with Crippen molar-refractivity contribution in [2.24, 2.45) is 5.73 Å². The number of carbonyl (C=O) groups excluding carboxylic acids is 1. The van der Waals surface area contributed by atoms with E-state index in [2.05, 4.69) is 4.74 Å². The van der Waals surface area contributed by atoms with Crippen molar-refractivity contribution in [2.45, 2.75) is 18.9 Å². The summed E-state index contributed by atoms with van der Waals surface area (Å²) in [5, 5.41) is 0. The van der Waals surface area contributed by atoms with Gasteiger partial charge in [0.15, 0.2) is 0 Å². The lowest BCUT2D eigenvalue weighted by atomic mass is 10.0. The van der Waals surface area contributed by atoms with E-state index in [1.54, 1.807) is 0 Å². The molecule has 0 aromatic carbocycles.